The van der Waals surface area contributed by atoms with E-state index in [0.717, 1.165) is 28.7 Å². The molecular weight excluding hydrogens is 492 g/mol. The van der Waals surface area contributed by atoms with Crippen LogP contribution in [0.3, 0.4) is 0 Å². The van der Waals surface area contributed by atoms with Crippen molar-refractivity contribution < 1.29 is 18.6 Å². The van der Waals surface area contributed by atoms with E-state index in [9.17, 15) is 23.4 Å². The highest BCUT2D eigenvalue weighted by Crippen LogP contribution is 2.22. The first-order valence-electron chi connectivity index (χ1n) is 12.0. The van der Waals surface area contributed by atoms with E-state index in [1.54, 1.807) is 0 Å². The molecule has 0 bridgehead atoms. The van der Waals surface area contributed by atoms with Crippen LogP contribution in [0, 0.1) is 11.8 Å². The lowest BCUT2D eigenvalue weighted by Crippen LogP contribution is -2.34. The lowest BCUT2D eigenvalue weighted by atomic mass is 9.94. The van der Waals surface area contributed by atoms with Crippen LogP contribution in [-0.4, -0.2) is 64.9 Å². The molecule has 0 radical (unpaired) electrons. The number of aliphatic hydroxyl groups is 1. The van der Waals surface area contributed by atoms with Crippen molar-refractivity contribution in [2.75, 3.05) is 26.0 Å². The van der Waals surface area contributed by atoms with E-state index < -0.39 is 21.3 Å². The second-order valence-corrected chi connectivity index (χ2v) is 11.1. The molecule has 2 atom stereocenters. The quantitative estimate of drug-likeness (QED) is 0.328. The molecule has 1 aromatic heterocycles. The summed E-state index contributed by atoms with van der Waals surface area (Å²) in [4.78, 5) is 17.9. The highest BCUT2D eigenvalue weighted by molar-refractivity contribution is 7.88. The largest absolute Gasteiger partial charge is 0.502 e. The third kappa shape index (κ3) is 7.05. The highest BCUT2D eigenvalue weighted by atomic mass is 32.2. The minimum absolute atomic E-state index is 0.153. The maximum Gasteiger partial charge on any atom is 0.293 e. The Hall–Kier alpha value is -3.49. The van der Waals surface area contributed by atoms with E-state index in [0.29, 0.717) is 19.6 Å². The van der Waals surface area contributed by atoms with Crippen molar-refractivity contribution in [1.29, 1.82) is 0 Å². The lowest BCUT2D eigenvalue weighted by molar-refractivity contribution is 0.263. The summed E-state index contributed by atoms with van der Waals surface area (Å²) < 4.78 is 24.8. The van der Waals surface area contributed by atoms with Gasteiger partial charge in [0.15, 0.2) is 0 Å². The molecule has 0 amide bonds. The first-order valence-corrected chi connectivity index (χ1v) is 13.8. The zero-order chi connectivity index (χ0) is 26.4. The molecule has 37 heavy (non-hydrogen) atoms. The highest BCUT2D eigenvalue weighted by Gasteiger charge is 2.27. The number of aromatic nitrogens is 2. The number of hydrogen-bond donors (Lipinski definition) is 4. The Morgan fingerprint density at radius 2 is 1.78 bits per heavy atom. The molecule has 4 rings (SSSR count). The van der Waals surface area contributed by atoms with Gasteiger partial charge in [-0.1, -0.05) is 36.1 Å². The maximum atomic E-state index is 11.7. The Bertz CT molecular complexity index is 1440. The van der Waals surface area contributed by atoms with E-state index in [2.05, 4.69) is 27.1 Å². The molecule has 4 N–H and O–H groups in total. The molecule has 3 aromatic rings. The second kappa shape index (κ2) is 11.7. The summed E-state index contributed by atoms with van der Waals surface area (Å²) in [7, 11) is -3.13. The molecule has 0 aliphatic carbocycles. The van der Waals surface area contributed by atoms with Crippen molar-refractivity contribution in [2.45, 2.75) is 31.3 Å². The van der Waals surface area contributed by atoms with Crippen molar-refractivity contribution in [3.8, 4) is 17.6 Å². The number of nitrogens with zero attached hydrogens (tertiary/aromatic N) is 2. The number of hydrogen-bond acceptors (Lipinski definition) is 7. The molecule has 0 spiro atoms. The predicted molar refractivity (Wildman–Crippen MR) is 141 cm³/mol. The minimum atomic E-state index is -3.13. The van der Waals surface area contributed by atoms with Crippen LogP contribution in [0.25, 0.3) is 0 Å². The smallest absolute Gasteiger partial charge is 0.293 e. The Labute approximate surface area is 216 Å². The van der Waals surface area contributed by atoms with Gasteiger partial charge in [-0.05, 0) is 41.8 Å². The molecule has 9 nitrogen and oxygen atoms in total. The van der Waals surface area contributed by atoms with E-state index in [1.165, 1.54) is 16.9 Å². The Kier molecular flexibility index (Phi) is 8.41. The van der Waals surface area contributed by atoms with Gasteiger partial charge in [-0.15, -0.1) is 0 Å². The number of benzene rings is 2. The minimum Gasteiger partial charge on any atom is -0.502 e. The van der Waals surface area contributed by atoms with Crippen molar-refractivity contribution in [3.05, 3.63) is 93.2 Å². The van der Waals surface area contributed by atoms with Gasteiger partial charge >= 0.3 is 0 Å². The number of H-pyrrole nitrogens is 1. The summed E-state index contributed by atoms with van der Waals surface area (Å²) >= 11 is 0. The molecule has 2 heterocycles. The first-order chi connectivity index (χ1) is 17.7. The SMILES string of the molecule is CS(=O)(=O)N1CCC(NCc2ccc(C#Cc3ccc(C(CO)Cc4nc[nH]c(=O)c4O)cc3)cc2)C1. The normalized spacial score (nSPS) is 16.8. The molecule has 0 saturated carbocycles. The number of aromatic amines is 1. The number of aliphatic hydroxyl groups excluding tert-OH is 1. The molecule has 1 aliphatic heterocycles. The van der Waals surface area contributed by atoms with Crippen LogP contribution in [-0.2, 0) is 23.0 Å². The Balaban J connectivity index is 1.33. The van der Waals surface area contributed by atoms with Gasteiger partial charge in [0.2, 0.25) is 15.8 Å². The van der Waals surface area contributed by atoms with Gasteiger partial charge in [-0.25, -0.2) is 17.7 Å². The molecule has 1 fully saturated rings. The summed E-state index contributed by atoms with van der Waals surface area (Å²) in [6, 6.07) is 15.6. The van der Waals surface area contributed by atoms with Crippen molar-refractivity contribution in [2.24, 2.45) is 0 Å². The fourth-order valence-electron chi connectivity index (χ4n) is 4.25. The van der Waals surface area contributed by atoms with Crippen LogP contribution in [0.5, 0.6) is 5.75 Å². The Morgan fingerprint density at radius 3 is 2.38 bits per heavy atom. The molecule has 10 heteroatoms. The zero-order valence-electron chi connectivity index (χ0n) is 20.5. The fourth-order valence-corrected chi connectivity index (χ4v) is 5.13. The summed E-state index contributed by atoms with van der Waals surface area (Å²) in [5, 5.41) is 23.2. The second-order valence-electron chi connectivity index (χ2n) is 9.17. The van der Waals surface area contributed by atoms with E-state index in [-0.39, 0.29) is 30.7 Å². The van der Waals surface area contributed by atoms with Crippen LogP contribution in [0.4, 0.5) is 0 Å². The van der Waals surface area contributed by atoms with Crippen LogP contribution in [0.15, 0.2) is 59.7 Å². The first kappa shape index (κ1) is 26.6. The lowest BCUT2D eigenvalue weighted by Gasteiger charge is -2.14. The number of nitrogens with one attached hydrogen (secondary N) is 2. The van der Waals surface area contributed by atoms with Crippen LogP contribution >= 0.6 is 0 Å². The molecule has 1 aliphatic rings. The molecule has 1 saturated heterocycles. The van der Waals surface area contributed by atoms with Gasteiger partial charge in [0, 0.05) is 49.1 Å². The summed E-state index contributed by atoms with van der Waals surface area (Å²) in [5.41, 5.74) is 3.29. The number of sulfonamides is 1. The van der Waals surface area contributed by atoms with Gasteiger partial charge < -0.3 is 20.5 Å². The zero-order valence-corrected chi connectivity index (χ0v) is 21.3. The van der Waals surface area contributed by atoms with Gasteiger partial charge in [-0.2, -0.15) is 0 Å². The average Bonchev–Trinajstić information content (AvgIpc) is 3.38. The third-order valence-corrected chi connectivity index (χ3v) is 7.74. The van der Waals surface area contributed by atoms with Gasteiger partial charge in [0.25, 0.3) is 5.56 Å². The fraction of sp³-hybridized carbons (Fsp3) is 0.333. The topological polar surface area (TPSA) is 136 Å². The molecule has 2 aromatic carbocycles. The van der Waals surface area contributed by atoms with Gasteiger partial charge in [0.05, 0.1) is 24.9 Å². The van der Waals surface area contributed by atoms with Crippen LogP contribution in [0.1, 0.15) is 40.3 Å². The van der Waals surface area contributed by atoms with Crippen molar-refractivity contribution >= 4 is 10.0 Å². The molecular formula is C27H30N4O5S. The van der Waals surface area contributed by atoms with Crippen molar-refractivity contribution in [1.82, 2.24) is 19.6 Å². The average molecular weight is 523 g/mol. The van der Waals surface area contributed by atoms with E-state index in [1.807, 2.05) is 48.5 Å². The van der Waals surface area contributed by atoms with Crippen molar-refractivity contribution in [3.63, 3.8) is 0 Å². The number of rotatable bonds is 8. The third-order valence-electron chi connectivity index (χ3n) is 6.47. The van der Waals surface area contributed by atoms with Crippen LogP contribution < -0.4 is 10.9 Å². The molecule has 2 unspecified atom stereocenters. The standard InChI is InChI=1S/C27H30N4O5S/c1-37(35,36)31-13-12-24(16-31)28-15-21-6-4-19(5-7-21)2-3-20-8-10-22(11-9-20)23(17-32)14-25-26(33)27(34)30-18-29-25/h4-11,18,23-24,28,32-33H,12-17H2,1H3,(H,29,30,34). The van der Waals surface area contributed by atoms with Gasteiger partial charge in [-0.3, -0.25) is 4.79 Å². The van der Waals surface area contributed by atoms with E-state index in [4.69, 9.17) is 0 Å². The Morgan fingerprint density at radius 1 is 1.14 bits per heavy atom. The molecule has 194 valence electrons. The summed E-state index contributed by atoms with van der Waals surface area (Å²) in [5.74, 6) is 5.54. The van der Waals surface area contributed by atoms with Crippen LogP contribution in [0.2, 0.25) is 0 Å². The number of aromatic hydroxyl groups is 1. The maximum absolute atomic E-state index is 11.7. The summed E-state index contributed by atoms with van der Waals surface area (Å²) in [6.45, 7) is 1.57. The van der Waals surface area contributed by atoms with E-state index >= 15 is 0 Å². The van der Waals surface area contributed by atoms with Gasteiger partial charge in [0.1, 0.15) is 0 Å². The predicted octanol–water partition coefficient (Wildman–Crippen LogP) is 1.32. The monoisotopic (exact) mass is 522 g/mol. The summed E-state index contributed by atoms with van der Waals surface area (Å²) in [6.07, 6.45) is 3.52.